The Morgan fingerprint density at radius 1 is 1.05 bits per heavy atom. The molecule has 6 fully saturated rings. The Morgan fingerprint density at radius 3 is 2.38 bits per heavy atom. The number of carbonyl (C=O) groups is 3. The average molecular weight is 769 g/mol. The van der Waals surface area contributed by atoms with Gasteiger partial charge < -0.3 is 35.6 Å². The minimum atomic E-state index is -1.05. The third-order valence-corrected chi connectivity index (χ3v) is 15.1. The Labute approximate surface area is 328 Å². The van der Waals surface area contributed by atoms with Crippen molar-refractivity contribution in [1.29, 1.82) is 0 Å². The van der Waals surface area contributed by atoms with Crippen LogP contribution in [0.1, 0.15) is 84.6 Å². The Hall–Kier alpha value is -2.61. The monoisotopic (exact) mass is 769 g/mol. The maximum Gasteiger partial charge on any atom is 0.326 e. The van der Waals surface area contributed by atoms with Crippen molar-refractivity contribution in [2.45, 2.75) is 128 Å². The second kappa shape index (κ2) is 17.5. The number of carboxylic acids is 1. The SMILES string of the molecule is COC1C(CN2O[C@@H](CO)[C@@H]([C@H](C)O)[C@H]2C(=O)N[C@H]2C[C@H]3C[C@@H]([C@@H]2C)C3(C)C)CCCC1C1CC(C(=O)N[C@@H](Cc2ccccc2)C(=O)O)CC(N(C)C)C1. The molecule has 1 aromatic rings. The lowest BCUT2D eigenvalue weighted by atomic mass is 9.45. The van der Waals surface area contributed by atoms with Gasteiger partial charge in [0.25, 0.3) is 0 Å². The van der Waals surface area contributed by atoms with E-state index in [4.69, 9.17) is 9.57 Å². The number of aliphatic carboxylic acids is 1. The molecule has 5 saturated carbocycles. The van der Waals surface area contributed by atoms with E-state index in [0.717, 1.165) is 37.7 Å². The maximum atomic E-state index is 14.3. The summed E-state index contributed by atoms with van der Waals surface area (Å²) in [7, 11) is 5.83. The van der Waals surface area contributed by atoms with E-state index in [0.29, 0.717) is 37.1 Å². The number of nitrogens with one attached hydrogen (secondary N) is 2. The molecule has 1 heterocycles. The van der Waals surface area contributed by atoms with Crippen LogP contribution >= 0.6 is 0 Å². The van der Waals surface area contributed by atoms with Gasteiger partial charge in [-0.2, -0.15) is 5.06 Å². The van der Waals surface area contributed by atoms with Crippen LogP contribution in [0.3, 0.4) is 0 Å². The normalized spacial score (nSPS) is 38.5. The van der Waals surface area contributed by atoms with Crippen molar-refractivity contribution in [3.8, 4) is 0 Å². The van der Waals surface area contributed by atoms with Crippen molar-refractivity contribution in [2.75, 3.05) is 34.4 Å². The predicted molar refractivity (Wildman–Crippen MR) is 208 cm³/mol. The van der Waals surface area contributed by atoms with E-state index in [1.807, 2.05) is 44.4 Å². The molecule has 1 aliphatic heterocycles. The highest BCUT2D eigenvalue weighted by Gasteiger charge is 2.58. The highest BCUT2D eigenvalue weighted by atomic mass is 16.7. The lowest BCUT2D eigenvalue weighted by Crippen LogP contribution is -2.62. The van der Waals surface area contributed by atoms with Gasteiger partial charge in [-0.1, -0.05) is 57.5 Å². The number of nitrogens with zero attached hydrogens (tertiary/aromatic N) is 2. The molecule has 6 aliphatic rings. The topological polar surface area (TPSA) is 161 Å². The van der Waals surface area contributed by atoms with Gasteiger partial charge in [-0.05, 0) is 107 Å². The van der Waals surface area contributed by atoms with Gasteiger partial charge in [0, 0.05) is 49.9 Å². The van der Waals surface area contributed by atoms with Crippen molar-refractivity contribution in [3.63, 3.8) is 0 Å². The van der Waals surface area contributed by atoms with E-state index >= 15 is 0 Å². The second-order valence-corrected chi connectivity index (χ2v) is 18.7. The number of amides is 2. The van der Waals surface area contributed by atoms with Gasteiger partial charge >= 0.3 is 5.97 Å². The van der Waals surface area contributed by atoms with Crippen LogP contribution in [-0.4, -0.2) is 120 Å². The zero-order chi connectivity index (χ0) is 39.8. The number of methoxy groups -OCH3 is 1. The highest BCUT2D eigenvalue weighted by molar-refractivity contribution is 5.85. The van der Waals surface area contributed by atoms with Gasteiger partial charge in [0.15, 0.2) is 0 Å². The third-order valence-electron chi connectivity index (χ3n) is 15.1. The van der Waals surface area contributed by atoms with Crippen molar-refractivity contribution in [2.24, 2.45) is 52.8 Å². The fourth-order valence-electron chi connectivity index (χ4n) is 11.8. The molecule has 12 nitrogen and oxygen atoms in total. The molecule has 5 N–H and O–H groups in total. The van der Waals surface area contributed by atoms with Crippen LogP contribution < -0.4 is 10.6 Å². The number of aliphatic hydroxyl groups is 2. The summed E-state index contributed by atoms with van der Waals surface area (Å²) in [4.78, 5) is 49.0. The summed E-state index contributed by atoms with van der Waals surface area (Å²) in [6.45, 7) is 8.72. The predicted octanol–water partition coefficient (Wildman–Crippen LogP) is 3.74. The highest BCUT2D eigenvalue weighted by Crippen LogP contribution is 2.61. The number of hydrogen-bond donors (Lipinski definition) is 5. The molecule has 0 radical (unpaired) electrons. The van der Waals surface area contributed by atoms with E-state index in [2.05, 4.69) is 36.3 Å². The van der Waals surface area contributed by atoms with Crippen molar-refractivity contribution < 1.29 is 39.3 Å². The molecule has 55 heavy (non-hydrogen) atoms. The number of fused-ring (bicyclic) bond motifs is 2. The van der Waals surface area contributed by atoms with Crippen LogP contribution in [-0.2, 0) is 30.4 Å². The van der Waals surface area contributed by atoms with Crippen LogP contribution in [0, 0.1) is 52.8 Å². The minimum absolute atomic E-state index is 0.0162. The molecule has 0 spiro atoms. The quantitative estimate of drug-likeness (QED) is 0.189. The van der Waals surface area contributed by atoms with Gasteiger partial charge in [0.2, 0.25) is 11.8 Å². The first-order valence-electron chi connectivity index (χ1n) is 20.9. The Bertz CT molecular complexity index is 1480. The molecule has 15 atom stereocenters. The summed E-state index contributed by atoms with van der Waals surface area (Å²) in [5.41, 5.74) is 1.15. The van der Waals surface area contributed by atoms with Crippen LogP contribution in [0.15, 0.2) is 30.3 Å². The number of rotatable bonds is 14. The number of hydrogen-bond acceptors (Lipinski definition) is 9. The number of carbonyl (C=O) groups excluding carboxylic acids is 2. The zero-order valence-electron chi connectivity index (χ0n) is 34.1. The molecular formula is C43H68N4O8. The molecule has 2 amide bonds. The van der Waals surface area contributed by atoms with Gasteiger partial charge in [0.05, 0.1) is 18.8 Å². The average Bonchev–Trinajstić information content (AvgIpc) is 3.53. The van der Waals surface area contributed by atoms with Crippen LogP contribution in [0.25, 0.3) is 0 Å². The summed E-state index contributed by atoms with van der Waals surface area (Å²) in [5.74, 6) is -0.516. The van der Waals surface area contributed by atoms with E-state index in [1.54, 1.807) is 19.1 Å². The van der Waals surface area contributed by atoms with Crippen molar-refractivity contribution in [1.82, 2.24) is 20.6 Å². The lowest BCUT2D eigenvalue weighted by Gasteiger charge is -2.62. The van der Waals surface area contributed by atoms with Gasteiger partial charge in [0.1, 0.15) is 18.2 Å². The summed E-state index contributed by atoms with van der Waals surface area (Å²) < 4.78 is 6.36. The Kier molecular flexibility index (Phi) is 13.4. The maximum absolute atomic E-state index is 14.3. The molecule has 2 bridgehead atoms. The van der Waals surface area contributed by atoms with Crippen LogP contribution in [0.2, 0.25) is 0 Å². The summed E-state index contributed by atoms with van der Waals surface area (Å²) in [6.07, 6.45) is 5.61. The number of aliphatic hydroxyl groups excluding tert-OH is 2. The summed E-state index contributed by atoms with van der Waals surface area (Å²) in [6, 6.07) is 7.81. The van der Waals surface area contributed by atoms with Gasteiger partial charge in [-0.15, -0.1) is 0 Å². The molecule has 5 aliphatic carbocycles. The fraction of sp³-hybridized carbons (Fsp3) is 0.791. The fourth-order valence-corrected chi connectivity index (χ4v) is 11.8. The molecule has 0 aromatic heterocycles. The molecule has 7 rings (SSSR count). The smallest absolute Gasteiger partial charge is 0.326 e. The minimum Gasteiger partial charge on any atom is -0.480 e. The Balaban J connectivity index is 1.17. The van der Waals surface area contributed by atoms with Gasteiger partial charge in [-0.25, -0.2) is 4.79 Å². The first kappa shape index (κ1) is 42.0. The molecule has 1 saturated heterocycles. The zero-order valence-corrected chi connectivity index (χ0v) is 34.1. The largest absolute Gasteiger partial charge is 0.480 e. The van der Waals surface area contributed by atoms with E-state index < -0.39 is 36.2 Å². The third kappa shape index (κ3) is 8.79. The van der Waals surface area contributed by atoms with Gasteiger partial charge in [-0.3, -0.25) is 14.4 Å². The number of benzene rings is 1. The standard InChI is InChI=1S/C43H68N4O8/c1-24-33-20-30(43(33,3)4)21-34(24)44-41(51)38-37(25(2)49)36(23-48)55-47(38)22-27-14-11-15-32(39(27)54-7)28-17-29(19-31(18-28)46(5)6)40(50)45-35(42(52)53)16-26-12-9-8-10-13-26/h8-10,12-13,24-25,27-39,48-49H,11,14-23H2,1-7H3,(H,44,51)(H,45,50)(H,52,53)/t24-,25-,27?,28?,29?,30+,31?,32?,33-,34-,35-,36-,37+,38-,39?/m0/s1. The molecule has 308 valence electrons. The summed E-state index contributed by atoms with van der Waals surface area (Å²) in [5, 5.41) is 39.4. The lowest BCUT2D eigenvalue weighted by molar-refractivity contribution is -0.193. The van der Waals surface area contributed by atoms with E-state index in [9.17, 15) is 29.7 Å². The van der Waals surface area contributed by atoms with E-state index in [1.165, 1.54) is 6.42 Å². The van der Waals surface area contributed by atoms with E-state index in [-0.39, 0.29) is 72.1 Å². The number of carboxylic acid groups (broad SMARTS) is 1. The molecule has 6 unspecified atom stereocenters. The number of hydroxylamine groups is 2. The van der Waals surface area contributed by atoms with Crippen LogP contribution in [0.5, 0.6) is 0 Å². The first-order valence-corrected chi connectivity index (χ1v) is 20.9. The second-order valence-electron chi connectivity index (χ2n) is 18.7. The first-order chi connectivity index (χ1) is 26.1. The van der Waals surface area contributed by atoms with Crippen LogP contribution in [0.4, 0.5) is 0 Å². The number of ether oxygens (including phenoxy) is 1. The molecular weight excluding hydrogens is 700 g/mol. The summed E-state index contributed by atoms with van der Waals surface area (Å²) >= 11 is 0. The Morgan fingerprint density at radius 2 is 1.78 bits per heavy atom. The van der Waals surface area contributed by atoms with Crippen molar-refractivity contribution >= 4 is 17.8 Å². The molecule has 12 heteroatoms. The van der Waals surface area contributed by atoms with Crippen molar-refractivity contribution in [3.05, 3.63) is 35.9 Å². The molecule has 1 aromatic carbocycles.